The predicted molar refractivity (Wildman–Crippen MR) is 74.7 cm³/mol. The van der Waals surface area contributed by atoms with E-state index < -0.39 is 27.1 Å². The first-order valence-electron chi connectivity index (χ1n) is 7.32. The van der Waals surface area contributed by atoms with Gasteiger partial charge in [-0.15, -0.1) is 0 Å². The number of hydrogen-bond acceptors (Lipinski definition) is 4. The Balaban J connectivity index is 1.85. The van der Waals surface area contributed by atoms with Gasteiger partial charge >= 0.3 is 140 Å². The molecule has 8 heteroatoms. The van der Waals surface area contributed by atoms with Crippen molar-refractivity contribution in [1.82, 2.24) is 18.2 Å². The summed E-state index contributed by atoms with van der Waals surface area (Å²) >= 11 is -0.495. The molecular formula is C14H20IN4O3-. The summed E-state index contributed by atoms with van der Waals surface area (Å²) in [5.41, 5.74) is 1.97. The van der Waals surface area contributed by atoms with Gasteiger partial charge in [0.1, 0.15) is 0 Å². The van der Waals surface area contributed by atoms with Crippen LogP contribution in [0, 0.1) is 0 Å². The van der Waals surface area contributed by atoms with E-state index in [0.717, 1.165) is 28.7 Å². The van der Waals surface area contributed by atoms with Crippen LogP contribution < -0.4 is 26.8 Å². The van der Waals surface area contributed by atoms with Crippen LogP contribution in [0.3, 0.4) is 0 Å². The molecule has 2 amide bonds. The number of nitrogens with one attached hydrogen (secondary N) is 1. The van der Waals surface area contributed by atoms with Gasteiger partial charge in [-0.3, -0.25) is 0 Å². The number of carbonyl (C=O) groups excluding carboxylic acids is 2. The SMILES string of the molecule is CC(C)(C)OC(=O)N1Cc2c(nn3c2C(=O)NCCC3)C[I-]1. The predicted octanol–water partition coefficient (Wildman–Crippen LogP) is -1.73. The Morgan fingerprint density at radius 3 is 2.91 bits per heavy atom. The molecule has 0 saturated carbocycles. The third-order valence-corrected chi connectivity index (χ3v) is 6.02. The second-order valence-corrected chi connectivity index (χ2v) is 8.97. The van der Waals surface area contributed by atoms with Crippen molar-refractivity contribution >= 4 is 12.0 Å². The Morgan fingerprint density at radius 1 is 1.41 bits per heavy atom. The second-order valence-electron chi connectivity index (χ2n) is 6.36. The Bertz CT molecular complexity index is 620. The molecule has 1 N–H and O–H groups in total. The van der Waals surface area contributed by atoms with Crippen molar-refractivity contribution in [2.45, 2.75) is 50.3 Å². The zero-order chi connectivity index (χ0) is 15.9. The number of aromatic nitrogens is 2. The third-order valence-electron chi connectivity index (χ3n) is 3.40. The summed E-state index contributed by atoms with van der Waals surface area (Å²) in [5, 5.41) is 7.47. The molecule has 3 rings (SSSR count). The molecular weight excluding hydrogens is 399 g/mol. The molecule has 0 bridgehead atoms. The molecule has 3 heterocycles. The number of alkyl halides is 1. The first-order valence-corrected chi connectivity index (χ1v) is 9.81. The molecule has 2 aliphatic rings. The maximum absolute atomic E-state index is 12.3. The fourth-order valence-corrected chi connectivity index (χ4v) is 4.79. The van der Waals surface area contributed by atoms with Crippen LogP contribution in [0.5, 0.6) is 0 Å². The van der Waals surface area contributed by atoms with Gasteiger partial charge in [-0.05, 0) is 0 Å². The first kappa shape index (κ1) is 15.6. The van der Waals surface area contributed by atoms with Crippen molar-refractivity contribution in [3.8, 4) is 0 Å². The number of hydrogen-bond donors (Lipinski definition) is 1. The Hall–Kier alpha value is -1.32. The van der Waals surface area contributed by atoms with Gasteiger partial charge in [0, 0.05) is 0 Å². The van der Waals surface area contributed by atoms with Gasteiger partial charge in [-0.2, -0.15) is 0 Å². The zero-order valence-corrected chi connectivity index (χ0v) is 15.1. The Kier molecular flexibility index (Phi) is 4.04. The maximum atomic E-state index is 12.3. The first-order chi connectivity index (χ1) is 10.3. The van der Waals surface area contributed by atoms with E-state index >= 15 is 0 Å². The van der Waals surface area contributed by atoms with Gasteiger partial charge in [0.05, 0.1) is 0 Å². The van der Waals surface area contributed by atoms with Crippen LogP contribution >= 0.6 is 0 Å². The van der Waals surface area contributed by atoms with Crippen LogP contribution in [0.15, 0.2) is 0 Å². The van der Waals surface area contributed by atoms with E-state index in [0.29, 0.717) is 18.8 Å². The topological polar surface area (TPSA) is 76.5 Å². The fraction of sp³-hybridized carbons (Fsp3) is 0.643. The molecule has 1 aromatic rings. The van der Waals surface area contributed by atoms with Crippen molar-refractivity contribution in [1.29, 1.82) is 0 Å². The van der Waals surface area contributed by atoms with E-state index in [1.54, 1.807) is 7.80 Å². The summed E-state index contributed by atoms with van der Waals surface area (Å²) in [7, 11) is 0. The number of carbonyl (C=O) groups is 2. The molecule has 7 nitrogen and oxygen atoms in total. The molecule has 1 aromatic heterocycles. The van der Waals surface area contributed by atoms with E-state index in [1.807, 2.05) is 20.8 Å². The molecule has 0 unspecified atom stereocenters. The summed E-state index contributed by atoms with van der Waals surface area (Å²) in [4.78, 5) is 24.5. The van der Waals surface area contributed by atoms with E-state index in [1.165, 1.54) is 0 Å². The number of aryl methyl sites for hydroxylation is 1. The van der Waals surface area contributed by atoms with E-state index in [4.69, 9.17) is 4.74 Å². The summed E-state index contributed by atoms with van der Waals surface area (Å²) in [6.07, 6.45) is 0.587. The normalized spacial score (nSPS) is 18.5. The molecule has 0 radical (unpaired) electrons. The van der Waals surface area contributed by atoms with Crippen molar-refractivity contribution in [2.75, 3.05) is 6.54 Å². The van der Waals surface area contributed by atoms with Gasteiger partial charge in [0.2, 0.25) is 0 Å². The Morgan fingerprint density at radius 2 is 2.18 bits per heavy atom. The van der Waals surface area contributed by atoms with Gasteiger partial charge < -0.3 is 0 Å². The van der Waals surface area contributed by atoms with Crippen LogP contribution in [0.2, 0.25) is 0 Å². The number of rotatable bonds is 0. The molecule has 0 atom stereocenters. The minimum absolute atomic E-state index is 0.0875. The molecule has 0 fully saturated rings. The second kappa shape index (κ2) is 5.71. The van der Waals surface area contributed by atoms with Crippen LogP contribution in [0.25, 0.3) is 0 Å². The average molecular weight is 419 g/mol. The van der Waals surface area contributed by atoms with Gasteiger partial charge in [0.25, 0.3) is 0 Å². The summed E-state index contributed by atoms with van der Waals surface area (Å²) < 4.78 is 9.77. The Labute approximate surface area is 140 Å². The van der Waals surface area contributed by atoms with Gasteiger partial charge in [0.15, 0.2) is 0 Å². The molecule has 22 heavy (non-hydrogen) atoms. The molecule has 122 valence electrons. The number of halogens is 1. The third kappa shape index (κ3) is 3.06. The van der Waals surface area contributed by atoms with Gasteiger partial charge in [-0.1, -0.05) is 0 Å². The van der Waals surface area contributed by atoms with E-state index in [-0.39, 0.29) is 12.0 Å². The van der Waals surface area contributed by atoms with E-state index in [9.17, 15) is 9.59 Å². The minimum atomic E-state index is -0.506. The standard InChI is InChI=1S/C14H20IN4O3/c1-14(2,3)22-13(21)18-8-9-10(7-15-18)17-19-6-4-5-16-12(20)11(9)19/h4-8H2,1-3H3,(H,16,20)/q-1. The number of nitrogens with zero attached hydrogens (tertiary/aromatic N) is 3. The van der Waals surface area contributed by atoms with Gasteiger partial charge in [-0.25, -0.2) is 0 Å². The summed E-state index contributed by atoms with van der Waals surface area (Å²) in [6, 6.07) is 0. The number of ether oxygens (including phenoxy) is 1. The molecule has 2 aliphatic heterocycles. The van der Waals surface area contributed by atoms with E-state index in [2.05, 4.69) is 10.4 Å². The van der Waals surface area contributed by atoms with Crippen molar-refractivity contribution in [3.05, 3.63) is 17.0 Å². The average Bonchev–Trinajstić information content (AvgIpc) is 2.68. The van der Waals surface area contributed by atoms with Crippen LogP contribution in [-0.2, 0) is 22.3 Å². The molecule has 0 aliphatic carbocycles. The molecule has 0 spiro atoms. The van der Waals surface area contributed by atoms with Crippen molar-refractivity contribution in [3.63, 3.8) is 0 Å². The fourth-order valence-electron chi connectivity index (χ4n) is 2.49. The monoisotopic (exact) mass is 419 g/mol. The quantitative estimate of drug-likeness (QED) is 0.308. The van der Waals surface area contributed by atoms with Crippen LogP contribution in [0.1, 0.15) is 48.9 Å². The summed E-state index contributed by atoms with van der Waals surface area (Å²) in [5.74, 6) is -0.0875. The number of fused-ring (bicyclic) bond motifs is 3. The summed E-state index contributed by atoms with van der Waals surface area (Å²) in [6.45, 7) is 7.42. The van der Waals surface area contributed by atoms with Crippen LogP contribution in [-0.4, -0.2) is 37.0 Å². The molecule has 0 aromatic carbocycles. The van der Waals surface area contributed by atoms with Crippen molar-refractivity contribution in [2.24, 2.45) is 0 Å². The number of amides is 2. The van der Waals surface area contributed by atoms with Crippen LogP contribution in [0.4, 0.5) is 4.79 Å². The zero-order valence-electron chi connectivity index (χ0n) is 13.0. The van der Waals surface area contributed by atoms with Crippen molar-refractivity contribution < 1.29 is 35.8 Å². The molecule has 0 saturated heterocycles.